The lowest BCUT2D eigenvalue weighted by molar-refractivity contribution is -0.130. The Morgan fingerprint density at radius 1 is 1.17 bits per heavy atom. The number of anilines is 2. The number of hydrogen-bond acceptors (Lipinski definition) is 6. The zero-order chi connectivity index (χ0) is 21.1. The highest BCUT2D eigenvalue weighted by atomic mass is 32.1. The molecule has 1 aromatic carbocycles. The number of aryl methyl sites for hydroxylation is 1. The van der Waals surface area contributed by atoms with E-state index in [0.29, 0.717) is 10.7 Å². The molecule has 8 nitrogen and oxygen atoms in total. The molecule has 1 N–H and O–H groups in total. The maximum Gasteiger partial charge on any atom is 0.341 e. The molecule has 3 rings (SSSR count). The normalized spacial score (nSPS) is 16.3. The van der Waals surface area contributed by atoms with Gasteiger partial charge in [-0.2, -0.15) is 0 Å². The van der Waals surface area contributed by atoms with Crippen molar-refractivity contribution in [3.63, 3.8) is 0 Å². The molecule has 0 aliphatic carbocycles. The van der Waals surface area contributed by atoms with Crippen LogP contribution in [0.4, 0.5) is 15.5 Å². The number of hydrogen-bond donors (Lipinski definition) is 1. The highest BCUT2D eigenvalue weighted by Gasteiger charge is 2.44. The lowest BCUT2D eigenvalue weighted by Gasteiger charge is -2.19. The summed E-state index contributed by atoms with van der Waals surface area (Å²) in [7, 11) is 0. The molecule has 0 radical (unpaired) electrons. The number of amides is 4. The predicted molar refractivity (Wildman–Crippen MR) is 109 cm³/mol. The number of rotatable bonds is 6. The van der Waals surface area contributed by atoms with Gasteiger partial charge in [-0.1, -0.05) is 17.7 Å². The second kappa shape index (κ2) is 8.44. The Bertz CT molecular complexity index is 953. The fraction of sp³-hybridized carbons (Fsp3) is 0.300. The second-order valence-electron chi connectivity index (χ2n) is 6.52. The molecule has 29 heavy (non-hydrogen) atoms. The van der Waals surface area contributed by atoms with Crippen molar-refractivity contribution in [2.24, 2.45) is 0 Å². The molecular formula is C20H21N3O5S. The van der Waals surface area contributed by atoms with Gasteiger partial charge in [-0.3, -0.25) is 19.4 Å². The summed E-state index contributed by atoms with van der Waals surface area (Å²) in [6, 6.07) is 7.50. The zero-order valence-corrected chi connectivity index (χ0v) is 17.1. The van der Waals surface area contributed by atoms with Gasteiger partial charge in [0.15, 0.2) is 0 Å². The molecule has 1 aromatic heterocycles. The van der Waals surface area contributed by atoms with E-state index < -0.39 is 36.4 Å². The molecule has 2 heterocycles. The van der Waals surface area contributed by atoms with Crippen molar-refractivity contribution in [1.82, 2.24) is 4.90 Å². The Morgan fingerprint density at radius 2 is 1.86 bits per heavy atom. The smallest absolute Gasteiger partial charge is 0.341 e. The summed E-state index contributed by atoms with van der Waals surface area (Å²) in [4.78, 5) is 52.0. The number of ether oxygens (including phenoxy) is 1. The number of benzene rings is 1. The topological polar surface area (TPSA) is 96.0 Å². The van der Waals surface area contributed by atoms with Gasteiger partial charge in [0.25, 0.3) is 5.91 Å². The number of esters is 1. The van der Waals surface area contributed by atoms with Crippen molar-refractivity contribution >= 4 is 45.8 Å². The van der Waals surface area contributed by atoms with E-state index >= 15 is 0 Å². The van der Waals surface area contributed by atoms with Gasteiger partial charge >= 0.3 is 12.0 Å². The lowest BCUT2D eigenvalue weighted by atomic mass is 10.2. The number of imide groups is 1. The monoisotopic (exact) mass is 415 g/mol. The molecule has 1 aliphatic rings. The molecule has 0 spiro atoms. The molecule has 1 aliphatic heterocycles. The largest absolute Gasteiger partial charge is 0.462 e. The van der Waals surface area contributed by atoms with E-state index in [9.17, 15) is 19.2 Å². The minimum Gasteiger partial charge on any atom is -0.462 e. The quantitative estimate of drug-likeness (QED) is 0.578. The van der Waals surface area contributed by atoms with E-state index in [1.165, 1.54) is 4.90 Å². The van der Waals surface area contributed by atoms with Crippen LogP contribution < -0.4 is 10.2 Å². The average molecular weight is 415 g/mol. The maximum atomic E-state index is 12.8. The predicted octanol–water partition coefficient (Wildman–Crippen LogP) is 3.03. The Labute approximate surface area is 172 Å². The fourth-order valence-corrected chi connectivity index (χ4v) is 3.79. The van der Waals surface area contributed by atoms with Crippen LogP contribution >= 0.6 is 11.3 Å². The van der Waals surface area contributed by atoms with E-state index in [2.05, 4.69) is 5.32 Å². The van der Waals surface area contributed by atoms with Crippen molar-refractivity contribution in [2.75, 3.05) is 23.4 Å². The molecule has 0 saturated carbocycles. The first-order valence-corrected chi connectivity index (χ1v) is 9.97. The Morgan fingerprint density at radius 3 is 2.52 bits per heavy atom. The van der Waals surface area contributed by atoms with Gasteiger partial charge in [0.1, 0.15) is 17.6 Å². The number of nitrogens with zero attached hydrogens (tertiary/aromatic N) is 2. The van der Waals surface area contributed by atoms with E-state index in [1.54, 1.807) is 37.4 Å². The second-order valence-corrected chi connectivity index (χ2v) is 7.44. The number of thiophene rings is 1. The summed E-state index contributed by atoms with van der Waals surface area (Å²) in [5.41, 5.74) is 1.86. The molecule has 9 heteroatoms. The van der Waals surface area contributed by atoms with Crippen LogP contribution in [0.15, 0.2) is 35.7 Å². The molecule has 1 fully saturated rings. The summed E-state index contributed by atoms with van der Waals surface area (Å²) >= 11 is 1.16. The standard InChI is InChI=1S/C20H21N3O5S/c1-4-28-19(26)15-9-10-29-17(15)21-16(24)11-22-18(25)13(3)23(20(22)27)14-7-5-12(2)6-8-14/h5-10,13H,4,11H2,1-3H3,(H,21,24)/t13-/m1/s1. The zero-order valence-electron chi connectivity index (χ0n) is 16.3. The van der Waals surface area contributed by atoms with Crippen LogP contribution in [0.5, 0.6) is 0 Å². The minimum absolute atomic E-state index is 0.214. The third-order valence-corrected chi connectivity index (χ3v) is 5.30. The number of nitrogens with one attached hydrogen (secondary N) is 1. The van der Waals surface area contributed by atoms with Gasteiger partial charge in [-0.05, 0) is 44.4 Å². The minimum atomic E-state index is -0.713. The number of carbonyl (C=O) groups is 4. The van der Waals surface area contributed by atoms with Crippen LogP contribution in [0.1, 0.15) is 29.8 Å². The van der Waals surface area contributed by atoms with E-state index in [0.717, 1.165) is 21.8 Å². The molecular weight excluding hydrogens is 394 g/mol. The Kier molecular flexibility index (Phi) is 5.97. The van der Waals surface area contributed by atoms with E-state index in [-0.39, 0.29) is 12.2 Å². The SMILES string of the molecule is CCOC(=O)c1ccsc1NC(=O)CN1C(=O)[C@@H](C)N(c2ccc(C)cc2)C1=O. The van der Waals surface area contributed by atoms with E-state index in [1.807, 2.05) is 19.1 Å². The summed E-state index contributed by atoms with van der Waals surface area (Å²) in [6.45, 7) is 5.01. The maximum absolute atomic E-state index is 12.8. The lowest BCUT2D eigenvalue weighted by Crippen LogP contribution is -2.39. The van der Waals surface area contributed by atoms with Crippen LogP contribution in [0.3, 0.4) is 0 Å². The highest BCUT2D eigenvalue weighted by Crippen LogP contribution is 2.27. The van der Waals surface area contributed by atoms with Crippen LogP contribution in [-0.2, 0) is 14.3 Å². The first kappa shape index (κ1) is 20.5. The number of carbonyl (C=O) groups excluding carboxylic acids is 4. The molecule has 0 unspecified atom stereocenters. The fourth-order valence-electron chi connectivity index (χ4n) is 3.00. The molecule has 4 amide bonds. The van der Waals surface area contributed by atoms with Gasteiger partial charge in [-0.25, -0.2) is 9.59 Å². The summed E-state index contributed by atoms with van der Waals surface area (Å²) in [5.74, 6) is -1.57. The molecule has 1 atom stereocenters. The number of urea groups is 1. The first-order chi connectivity index (χ1) is 13.8. The van der Waals surface area contributed by atoms with Crippen LogP contribution in [0.2, 0.25) is 0 Å². The van der Waals surface area contributed by atoms with Crippen molar-refractivity contribution in [1.29, 1.82) is 0 Å². The van der Waals surface area contributed by atoms with Gasteiger partial charge in [0, 0.05) is 5.69 Å². The third-order valence-electron chi connectivity index (χ3n) is 4.48. The van der Waals surface area contributed by atoms with E-state index in [4.69, 9.17) is 4.74 Å². The van der Waals surface area contributed by atoms with Crippen molar-refractivity contribution in [3.8, 4) is 0 Å². The molecule has 1 saturated heterocycles. The summed E-state index contributed by atoms with van der Waals surface area (Å²) in [6.07, 6.45) is 0. The van der Waals surface area contributed by atoms with Crippen LogP contribution in [-0.4, -0.2) is 47.9 Å². The van der Waals surface area contributed by atoms with Crippen molar-refractivity contribution < 1.29 is 23.9 Å². The van der Waals surface area contributed by atoms with Crippen LogP contribution in [0, 0.1) is 6.92 Å². The Balaban J connectivity index is 1.72. The highest BCUT2D eigenvalue weighted by molar-refractivity contribution is 7.14. The third kappa shape index (κ3) is 4.14. The molecule has 152 valence electrons. The summed E-state index contributed by atoms with van der Waals surface area (Å²) in [5, 5.41) is 4.55. The van der Waals surface area contributed by atoms with Gasteiger partial charge in [-0.15, -0.1) is 11.3 Å². The van der Waals surface area contributed by atoms with Crippen molar-refractivity contribution in [3.05, 3.63) is 46.8 Å². The molecule has 2 aromatic rings. The Hall–Kier alpha value is -3.20. The summed E-state index contributed by atoms with van der Waals surface area (Å²) < 4.78 is 4.95. The average Bonchev–Trinajstić information content (AvgIpc) is 3.22. The van der Waals surface area contributed by atoms with Crippen LogP contribution in [0.25, 0.3) is 0 Å². The van der Waals surface area contributed by atoms with Gasteiger partial charge in [0.2, 0.25) is 5.91 Å². The van der Waals surface area contributed by atoms with Crippen molar-refractivity contribution in [2.45, 2.75) is 26.8 Å². The molecule has 0 bridgehead atoms. The van der Waals surface area contributed by atoms with Gasteiger partial charge in [0.05, 0.1) is 12.2 Å². The first-order valence-electron chi connectivity index (χ1n) is 9.09. The van der Waals surface area contributed by atoms with Gasteiger partial charge < -0.3 is 10.1 Å².